The van der Waals surface area contributed by atoms with Crippen LogP contribution in [0.5, 0.6) is 0 Å². The molecule has 1 aromatic carbocycles. The zero-order valence-electron chi connectivity index (χ0n) is 15.5. The van der Waals surface area contributed by atoms with Gasteiger partial charge in [0.2, 0.25) is 0 Å². The molecular weight excluding hydrogens is 347 g/mol. The van der Waals surface area contributed by atoms with Crippen molar-refractivity contribution in [1.29, 1.82) is 0 Å². The van der Waals surface area contributed by atoms with Crippen LogP contribution < -0.4 is 5.32 Å². The first-order valence-corrected chi connectivity index (χ1v) is 9.57. The third-order valence-corrected chi connectivity index (χ3v) is 5.27. The van der Waals surface area contributed by atoms with Crippen LogP contribution in [-0.2, 0) is 4.74 Å². The zero-order chi connectivity index (χ0) is 18.8. The molecule has 1 aromatic heterocycles. The summed E-state index contributed by atoms with van der Waals surface area (Å²) in [6, 6.07) is 8.32. The van der Waals surface area contributed by atoms with Gasteiger partial charge in [0.1, 0.15) is 17.3 Å². The van der Waals surface area contributed by atoms with E-state index in [1.165, 1.54) is 12.1 Å². The Labute approximate surface area is 158 Å². The van der Waals surface area contributed by atoms with Crippen LogP contribution >= 0.6 is 0 Å². The van der Waals surface area contributed by atoms with E-state index in [0.29, 0.717) is 31.2 Å². The molecule has 4 rings (SSSR count). The maximum absolute atomic E-state index is 13.3. The molecule has 0 radical (unpaired) electrons. The van der Waals surface area contributed by atoms with Crippen LogP contribution in [0.15, 0.2) is 34.7 Å². The Balaban J connectivity index is 1.49. The molecule has 2 aliphatic rings. The second kappa shape index (κ2) is 7.82. The van der Waals surface area contributed by atoms with Crippen molar-refractivity contribution in [3.8, 4) is 0 Å². The standard InChI is InChI=1S/C21H25FN2O3/c1-14-12-18(20(27-14)16-2-3-16)21(25)23-13-19(24-8-10-26-11-9-24)15-4-6-17(22)7-5-15/h4-7,12,16,19H,2-3,8-11,13H2,1H3,(H,23,25). The summed E-state index contributed by atoms with van der Waals surface area (Å²) in [5.74, 6) is 1.60. The fraction of sp³-hybridized carbons (Fsp3) is 0.476. The van der Waals surface area contributed by atoms with Gasteiger partial charge < -0.3 is 14.5 Å². The first-order chi connectivity index (χ1) is 13.1. The molecule has 1 saturated carbocycles. The largest absolute Gasteiger partial charge is 0.465 e. The number of halogens is 1. The van der Waals surface area contributed by atoms with Crippen molar-refractivity contribution in [3.63, 3.8) is 0 Å². The van der Waals surface area contributed by atoms with Gasteiger partial charge in [-0.3, -0.25) is 9.69 Å². The molecule has 2 aromatic rings. The quantitative estimate of drug-likeness (QED) is 0.844. The van der Waals surface area contributed by atoms with Gasteiger partial charge in [-0.2, -0.15) is 0 Å². The third-order valence-electron chi connectivity index (χ3n) is 5.27. The number of benzene rings is 1. The highest BCUT2D eigenvalue weighted by Gasteiger charge is 2.32. The van der Waals surface area contributed by atoms with Gasteiger partial charge in [-0.1, -0.05) is 12.1 Å². The van der Waals surface area contributed by atoms with Gasteiger partial charge in [0.05, 0.1) is 24.8 Å². The predicted molar refractivity (Wildman–Crippen MR) is 99.3 cm³/mol. The number of carbonyl (C=O) groups is 1. The van der Waals surface area contributed by atoms with E-state index >= 15 is 0 Å². The summed E-state index contributed by atoms with van der Waals surface area (Å²) in [4.78, 5) is 15.1. The number of morpholine rings is 1. The summed E-state index contributed by atoms with van der Waals surface area (Å²) in [6.45, 7) is 5.24. The molecule has 1 N–H and O–H groups in total. The molecule has 2 heterocycles. The summed E-state index contributed by atoms with van der Waals surface area (Å²) in [5.41, 5.74) is 1.64. The highest BCUT2D eigenvalue weighted by Crippen LogP contribution is 2.42. The Hall–Kier alpha value is -2.18. The van der Waals surface area contributed by atoms with Crippen LogP contribution in [0, 0.1) is 12.7 Å². The molecule has 5 nitrogen and oxygen atoms in total. The second-order valence-corrected chi connectivity index (χ2v) is 7.33. The monoisotopic (exact) mass is 372 g/mol. The molecule has 144 valence electrons. The summed E-state index contributed by atoms with van der Waals surface area (Å²) in [5, 5.41) is 3.07. The second-order valence-electron chi connectivity index (χ2n) is 7.33. The number of carbonyl (C=O) groups excluding carboxylic acids is 1. The number of nitrogens with zero attached hydrogens (tertiary/aromatic N) is 1. The maximum atomic E-state index is 13.3. The number of nitrogens with one attached hydrogen (secondary N) is 1. The van der Waals surface area contributed by atoms with Crippen molar-refractivity contribution >= 4 is 5.91 Å². The van der Waals surface area contributed by atoms with Crippen molar-refractivity contribution in [2.24, 2.45) is 0 Å². The van der Waals surface area contributed by atoms with E-state index in [1.807, 2.05) is 13.0 Å². The molecule has 1 amide bonds. The van der Waals surface area contributed by atoms with Crippen molar-refractivity contribution in [2.45, 2.75) is 31.7 Å². The molecule has 27 heavy (non-hydrogen) atoms. The lowest BCUT2D eigenvalue weighted by Crippen LogP contribution is -2.43. The number of rotatable bonds is 6. The van der Waals surface area contributed by atoms with Gasteiger partial charge >= 0.3 is 0 Å². The lowest BCUT2D eigenvalue weighted by atomic mass is 10.0. The molecule has 1 atom stereocenters. The van der Waals surface area contributed by atoms with E-state index in [0.717, 1.165) is 43.0 Å². The predicted octanol–water partition coefficient (Wildman–Crippen LogP) is 3.41. The van der Waals surface area contributed by atoms with Gasteiger partial charge in [-0.05, 0) is 43.5 Å². The van der Waals surface area contributed by atoms with E-state index in [2.05, 4.69) is 10.2 Å². The molecule has 1 saturated heterocycles. The van der Waals surface area contributed by atoms with Gasteiger partial charge in [0, 0.05) is 25.6 Å². The van der Waals surface area contributed by atoms with Gasteiger partial charge in [-0.25, -0.2) is 4.39 Å². The summed E-state index contributed by atoms with van der Waals surface area (Å²) in [6.07, 6.45) is 2.17. The first-order valence-electron chi connectivity index (χ1n) is 9.57. The number of amides is 1. The van der Waals surface area contributed by atoms with E-state index in [9.17, 15) is 9.18 Å². The SMILES string of the molecule is Cc1cc(C(=O)NCC(c2ccc(F)cc2)N2CCOCC2)c(C2CC2)o1. The summed E-state index contributed by atoms with van der Waals surface area (Å²) in [7, 11) is 0. The van der Waals surface area contributed by atoms with Gasteiger partial charge in [0.15, 0.2) is 0 Å². The number of furan rings is 1. The molecule has 6 heteroatoms. The molecule has 1 aliphatic carbocycles. The van der Waals surface area contributed by atoms with Gasteiger partial charge in [-0.15, -0.1) is 0 Å². The molecule has 0 spiro atoms. The lowest BCUT2D eigenvalue weighted by Gasteiger charge is -2.35. The van der Waals surface area contributed by atoms with E-state index in [-0.39, 0.29) is 17.8 Å². The van der Waals surface area contributed by atoms with Crippen LogP contribution in [0.25, 0.3) is 0 Å². The van der Waals surface area contributed by atoms with Crippen LogP contribution in [0.3, 0.4) is 0 Å². The number of ether oxygens (including phenoxy) is 1. The number of hydrogen-bond donors (Lipinski definition) is 1. The Kier molecular flexibility index (Phi) is 5.27. The smallest absolute Gasteiger partial charge is 0.254 e. The fourth-order valence-corrected chi connectivity index (χ4v) is 3.67. The normalized spacial score (nSPS) is 19.0. The molecular formula is C21H25FN2O3. The van der Waals surface area contributed by atoms with Crippen molar-refractivity contribution < 1.29 is 18.3 Å². The average Bonchev–Trinajstić information content (AvgIpc) is 3.45. The molecule has 1 unspecified atom stereocenters. The van der Waals surface area contributed by atoms with Crippen LogP contribution in [0.1, 0.15) is 52.2 Å². The summed E-state index contributed by atoms with van der Waals surface area (Å²) < 4.78 is 24.5. The molecule has 2 fully saturated rings. The minimum Gasteiger partial charge on any atom is -0.465 e. The van der Waals surface area contributed by atoms with Crippen molar-refractivity contribution in [2.75, 3.05) is 32.8 Å². The van der Waals surface area contributed by atoms with Crippen LogP contribution in [0.2, 0.25) is 0 Å². The first kappa shape index (κ1) is 18.2. The fourth-order valence-electron chi connectivity index (χ4n) is 3.67. The minimum atomic E-state index is -0.258. The minimum absolute atomic E-state index is 0.0178. The van der Waals surface area contributed by atoms with E-state index < -0.39 is 0 Å². The Morgan fingerprint density at radius 2 is 1.96 bits per heavy atom. The zero-order valence-corrected chi connectivity index (χ0v) is 15.5. The Morgan fingerprint density at radius 3 is 2.63 bits per heavy atom. The Bertz CT molecular complexity index is 792. The Morgan fingerprint density at radius 1 is 1.26 bits per heavy atom. The number of hydrogen-bond acceptors (Lipinski definition) is 4. The van der Waals surface area contributed by atoms with Crippen LogP contribution in [-0.4, -0.2) is 43.7 Å². The molecule has 1 aliphatic heterocycles. The maximum Gasteiger partial charge on any atom is 0.254 e. The molecule has 0 bridgehead atoms. The lowest BCUT2D eigenvalue weighted by molar-refractivity contribution is 0.0162. The van der Waals surface area contributed by atoms with Gasteiger partial charge in [0.25, 0.3) is 5.91 Å². The van der Waals surface area contributed by atoms with E-state index in [1.54, 1.807) is 12.1 Å². The topological polar surface area (TPSA) is 54.7 Å². The highest BCUT2D eigenvalue weighted by molar-refractivity contribution is 5.95. The van der Waals surface area contributed by atoms with Crippen molar-refractivity contribution in [3.05, 3.63) is 58.8 Å². The van der Waals surface area contributed by atoms with Crippen molar-refractivity contribution in [1.82, 2.24) is 10.2 Å². The highest BCUT2D eigenvalue weighted by atomic mass is 19.1. The third kappa shape index (κ3) is 4.22. The average molecular weight is 372 g/mol. The van der Waals surface area contributed by atoms with E-state index in [4.69, 9.17) is 9.15 Å². The number of aryl methyl sites for hydroxylation is 1. The summed E-state index contributed by atoms with van der Waals surface area (Å²) >= 11 is 0. The van der Waals surface area contributed by atoms with Crippen LogP contribution in [0.4, 0.5) is 4.39 Å².